The van der Waals surface area contributed by atoms with Crippen LogP contribution in [0.1, 0.15) is 0 Å². The van der Waals surface area contributed by atoms with Gasteiger partial charge in [-0.05, 0) is 41.7 Å². The summed E-state index contributed by atoms with van der Waals surface area (Å²) in [6, 6.07) is 6.76. The largest absolute Gasteiger partial charge is 0.508 e. The zero-order chi connectivity index (χ0) is 12.1. The number of benzene rings is 1. The molecule has 0 saturated heterocycles. The van der Waals surface area contributed by atoms with Crippen molar-refractivity contribution in [1.29, 1.82) is 0 Å². The van der Waals surface area contributed by atoms with E-state index in [1.54, 1.807) is 40.7 Å². The molecule has 0 aliphatic carbocycles. The van der Waals surface area contributed by atoms with Crippen molar-refractivity contribution in [3.05, 3.63) is 24.3 Å². The fourth-order valence-electron chi connectivity index (χ4n) is 1.27. The van der Waals surface area contributed by atoms with Crippen LogP contribution in [0.3, 0.4) is 0 Å². The van der Waals surface area contributed by atoms with E-state index in [2.05, 4.69) is 20.8 Å². The minimum absolute atomic E-state index is 0.228. The maximum atomic E-state index is 9.22. The highest BCUT2D eigenvalue weighted by Crippen LogP contribution is 2.19. The van der Waals surface area contributed by atoms with Crippen LogP contribution in [0.4, 0.5) is 0 Å². The van der Waals surface area contributed by atoms with Crippen molar-refractivity contribution < 1.29 is 5.11 Å². The molecule has 0 fully saturated rings. The SMILES string of the molecule is CNCCSc1nnnn1-c1ccc(O)cc1. The van der Waals surface area contributed by atoms with Gasteiger partial charge in [-0.1, -0.05) is 11.8 Å². The number of phenolic OH excluding ortho intramolecular Hbond substituents is 1. The van der Waals surface area contributed by atoms with Gasteiger partial charge in [0.15, 0.2) is 0 Å². The van der Waals surface area contributed by atoms with Gasteiger partial charge in [-0.3, -0.25) is 0 Å². The van der Waals surface area contributed by atoms with Crippen LogP contribution >= 0.6 is 11.8 Å². The lowest BCUT2D eigenvalue weighted by Gasteiger charge is -2.03. The molecule has 1 aromatic heterocycles. The molecule has 2 aromatic rings. The Hall–Kier alpha value is -1.60. The number of aromatic nitrogens is 4. The Kier molecular flexibility index (Phi) is 3.94. The van der Waals surface area contributed by atoms with Gasteiger partial charge in [0.05, 0.1) is 5.69 Å². The summed E-state index contributed by atoms with van der Waals surface area (Å²) in [6.07, 6.45) is 0. The summed E-state index contributed by atoms with van der Waals surface area (Å²) in [7, 11) is 1.91. The molecule has 0 unspecified atom stereocenters. The van der Waals surface area contributed by atoms with E-state index in [0.29, 0.717) is 0 Å². The van der Waals surface area contributed by atoms with Gasteiger partial charge in [-0.2, -0.15) is 4.68 Å². The van der Waals surface area contributed by atoms with Gasteiger partial charge in [0.2, 0.25) is 5.16 Å². The van der Waals surface area contributed by atoms with E-state index in [0.717, 1.165) is 23.1 Å². The van der Waals surface area contributed by atoms with Crippen LogP contribution in [0, 0.1) is 0 Å². The number of thioether (sulfide) groups is 1. The molecule has 0 amide bonds. The third kappa shape index (κ3) is 2.95. The monoisotopic (exact) mass is 251 g/mol. The Morgan fingerprint density at radius 3 is 2.82 bits per heavy atom. The molecule has 0 atom stereocenters. The van der Waals surface area contributed by atoms with Crippen molar-refractivity contribution in [2.24, 2.45) is 0 Å². The zero-order valence-corrected chi connectivity index (χ0v) is 10.2. The Labute approximate surface area is 103 Å². The summed E-state index contributed by atoms with van der Waals surface area (Å²) >= 11 is 1.58. The summed E-state index contributed by atoms with van der Waals surface area (Å²) in [4.78, 5) is 0. The summed E-state index contributed by atoms with van der Waals surface area (Å²) in [5.74, 6) is 1.13. The molecule has 0 spiro atoms. The molecule has 7 heteroatoms. The molecular formula is C10H13N5OS. The van der Waals surface area contributed by atoms with E-state index >= 15 is 0 Å². The molecule has 0 radical (unpaired) electrons. The van der Waals surface area contributed by atoms with E-state index < -0.39 is 0 Å². The Balaban J connectivity index is 2.15. The molecule has 1 heterocycles. The first kappa shape index (κ1) is 11.9. The third-order valence-corrected chi connectivity index (χ3v) is 3.04. The topological polar surface area (TPSA) is 75.9 Å². The van der Waals surface area contributed by atoms with Gasteiger partial charge in [0.1, 0.15) is 5.75 Å². The second-order valence-electron chi connectivity index (χ2n) is 3.34. The van der Waals surface area contributed by atoms with Gasteiger partial charge < -0.3 is 10.4 Å². The maximum Gasteiger partial charge on any atom is 0.214 e. The summed E-state index contributed by atoms with van der Waals surface area (Å²) in [5, 5.41) is 24.6. The van der Waals surface area contributed by atoms with Crippen LogP contribution in [0.25, 0.3) is 5.69 Å². The van der Waals surface area contributed by atoms with E-state index in [1.807, 2.05) is 7.05 Å². The lowest BCUT2D eigenvalue weighted by atomic mass is 10.3. The van der Waals surface area contributed by atoms with Gasteiger partial charge >= 0.3 is 0 Å². The van der Waals surface area contributed by atoms with E-state index in [9.17, 15) is 5.11 Å². The maximum absolute atomic E-state index is 9.22. The predicted molar refractivity (Wildman–Crippen MR) is 65.5 cm³/mol. The normalized spacial score (nSPS) is 10.6. The van der Waals surface area contributed by atoms with E-state index in [-0.39, 0.29) is 5.75 Å². The molecule has 2 N–H and O–H groups in total. The van der Waals surface area contributed by atoms with Gasteiger partial charge in [-0.25, -0.2) is 0 Å². The van der Waals surface area contributed by atoms with E-state index in [4.69, 9.17) is 0 Å². The summed E-state index contributed by atoms with van der Waals surface area (Å²) in [5.41, 5.74) is 0.833. The van der Waals surface area contributed by atoms with Crippen LogP contribution in [-0.2, 0) is 0 Å². The van der Waals surface area contributed by atoms with Crippen LogP contribution in [-0.4, -0.2) is 44.7 Å². The first-order valence-electron chi connectivity index (χ1n) is 5.16. The number of nitrogens with one attached hydrogen (secondary N) is 1. The molecular weight excluding hydrogens is 238 g/mol. The summed E-state index contributed by atoms with van der Waals surface area (Å²) < 4.78 is 1.65. The predicted octanol–water partition coefficient (Wildman–Crippen LogP) is 0.679. The smallest absolute Gasteiger partial charge is 0.214 e. The highest BCUT2D eigenvalue weighted by Gasteiger charge is 2.08. The second-order valence-corrected chi connectivity index (χ2v) is 4.40. The molecule has 2 rings (SSSR count). The quantitative estimate of drug-likeness (QED) is 0.601. The first-order valence-corrected chi connectivity index (χ1v) is 6.15. The molecule has 17 heavy (non-hydrogen) atoms. The lowest BCUT2D eigenvalue weighted by Crippen LogP contribution is -2.10. The van der Waals surface area contributed by atoms with Crippen molar-refractivity contribution in [3.8, 4) is 11.4 Å². The highest BCUT2D eigenvalue weighted by molar-refractivity contribution is 7.99. The molecule has 90 valence electrons. The second kappa shape index (κ2) is 5.65. The van der Waals surface area contributed by atoms with Crippen molar-refractivity contribution in [1.82, 2.24) is 25.5 Å². The molecule has 0 bridgehead atoms. The average Bonchev–Trinajstić information content (AvgIpc) is 2.79. The Morgan fingerprint density at radius 2 is 2.12 bits per heavy atom. The Morgan fingerprint density at radius 1 is 1.35 bits per heavy atom. The van der Waals surface area contributed by atoms with Gasteiger partial charge in [0.25, 0.3) is 0 Å². The van der Waals surface area contributed by atoms with Crippen molar-refractivity contribution >= 4 is 11.8 Å². The van der Waals surface area contributed by atoms with E-state index in [1.165, 1.54) is 0 Å². The van der Waals surface area contributed by atoms with Crippen molar-refractivity contribution in [3.63, 3.8) is 0 Å². The minimum atomic E-state index is 0.228. The third-order valence-electron chi connectivity index (χ3n) is 2.12. The van der Waals surface area contributed by atoms with Crippen LogP contribution in [0.2, 0.25) is 0 Å². The summed E-state index contributed by atoms with van der Waals surface area (Å²) in [6.45, 7) is 0.896. The van der Waals surface area contributed by atoms with Crippen LogP contribution in [0.5, 0.6) is 5.75 Å². The molecule has 0 saturated carbocycles. The fourth-order valence-corrected chi connectivity index (χ4v) is 2.12. The van der Waals surface area contributed by atoms with Crippen molar-refractivity contribution in [2.45, 2.75) is 5.16 Å². The molecule has 1 aromatic carbocycles. The van der Waals surface area contributed by atoms with Crippen molar-refractivity contribution in [2.75, 3.05) is 19.3 Å². The first-order chi connectivity index (χ1) is 8.31. The minimum Gasteiger partial charge on any atom is -0.508 e. The standard InChI is InChI=1S/C10H13N5OS/c1-11-6-7-17-10-12-13-14-15(10)8-2-4-9(16)5-3-8/h2-5,11,16H,6-7H2,1H3. The number of hydrogen-bond donors (Lipinski definition) is 2. The molecule has 6 nitrogen and oxygen atoms in total. The number of tetrazole rings is 1. The number of hydrogen-bond acceptors (Lipinski definition) is 6. The van der Waals surface area contributed by atoms with Gasteiger partial charge in [-0.15, -0.1) is 5.10 Å². The lowest BCUT2D eigenvalue weighted by molar-refractivity contribution is 0.475. The molecule has 0 aliphatic rings. The van der Waals surface area contributed by atoms with Crippen LogP contribution in [0.15, 0.2) is 29.4 Å². The number of aromatic hydroxyl groups is 1. The number of nitrogens with zero attached hydrogens (tertiary/aromatic N) is 4. The zero-order valence-electron chi connectivity index (χ0n) is 9.37. The highest BCUT2D eigenvalue weighted by atomic mass is 32.2. The fraction of sp³-hybridized carbons (Fsp3) is 0.300. The van der Waals surface area contributed by atoms with Crippen LogP contribution < -0.4 is 5.32 Å². The van der Waals surface area contributed by atoms with Gasteiger partial charge in [0, 0.05) is 12.3 Å². The average molecular weight is 251 g/mol. The Bertz CT molecular complexity index is 470. The molecule has 0 aliphatic heterocycles. The number of rotatable bonds is 5. The number of phenols is 1.